The predicted octanol–water partition coefficient (Wildman–Crippen LogP) is 14.8. The van der Waals surface area contributed by atoms with E-state index in [-0.39, 0.29) is 5.41 Å². The highest BCUT2D eigenvalue weighted by molar-refractivity contribution is 7.99. The first kappa shape index (κ1) is 35.0. The number of para-hydroxylation sites is 2. The van der Waals surface area contributed by atoms with E-state index in [1.165, 1.54) is 55.2 Å². The van der Waals surface area contributed by atoms with Crippen LogP contribution in [-0.2, 0) is 5.41 Å². The maximum atomic E-state index is 6.49. The van der Waals surface area contributed by atoms with Gasteiger partial charge in [0.05, 0.1) is 11.4 Å². The molecule has 1 heterocycles. The second-order valence-corrected chi connectivity index (χ2v) is 16.3. The molecular weight excluding hydrogens is 713 g/mol. The van der Waals surface area contributed by atoms with E-state index in [1.54, 1.807) is 0 Å². The standard InChI is InChI=1S/C53H42N2OS/c1-53(2)46-29-13-12-27-44(46)50-47(53)31-32-48(51(50)45-28-16-30-49-52(45)57-34-33-54(49)39-20-8-4-9-21-39)55(40-22-14-19-38(35-40)37-17-6-3-7-18-37)41-23-15-26-43(36-41)56-42-24-10-5-11-25-42/h3-32,35-36H,33-34H2,1-2H3. The van der Waals surface area contributed by atoms with Crippen LogP contribution in [0.2, 0.25) is 0 Å². The molecule has 0 N–H and O–H groups in total. The SMILES string of the molecule is CC1(C)c2ccccc2-c2c1ccc(N(c1cccc(Oc3ccccc3)c1)c1cccc(-c3ccccc3)c1)c2-c1cccc2c1SCCN2c1ccccc1. The molecule has 0 amide bonds. The van der Waals surface area contributed by atoms with E-state index in [0.29, 0.717) is 0 Å². The molecule has 0 saturated heterocycles. The van der Waals surface area contributed by atoms with Crippen LogP contribution in [0.4, 0.5) is 28.4 Å². The molecule has 0 bridgehead atoms. The van der Waals surface area contributed by atoms with Crippen LogP contribution in [0.15, 0.2) is 199 Å². The van der Waals surface area contributed by atoms with Crippen molar-refractivity contribution in [2.24, 2.45) is 0 Å². The Morgan fingerprint density at radius 3 is 1.96 bits per heavy atom. The van der Waals surface area contributed by atoms with Crippen LogP contribution in [0.5, 0.6) is 11.5 Å². The summed E-state index contributed by atoms with van der Waals surface area (Å²) in [5.74, 6) is 2.58. The fourth-order valence-corrected chi connectivity index (χ4v) is 9.89. The smallest absolute Gasteiger partial charge is 0.129 e. The van der Waals surface area contributed by atoms with E-state index in [9.17, 15) is 0 Å². The maximum Gasteiger partial charge on any atom is 0.129 e. The molecular formula is C53H42N2OS. The normalized spacial score (nSPS) is 13.7. The second-order valence-electron chi connectivity index (χ2n) is 15.2. The number of thioether (sulfide) groups is 1. The first-order valence-electron chi connectivity index (χ1n) is 19.7. The number of benzene rings is 8. The monoisotopic (exact) mass is 754 g/mol. The van der Waals surface area contributed by atoms with E-state index in [1.807, 2.05) is 48.2 Å². The zero-order valence-corrected chi connectivity index (χ0v) is 32.9. The third-order valence-corrected chi connectivity index (χ3v) is 12.5. The highest BCUT2D eigenvalue weighted by Gasteiger charge is 2.39. The van der Waals surface area contributed by atoms with Crippen molar-refractivity contribution in [3.05, 3.63) is 205 Å². The summed E-state index contributed by atoms with van der Waals surface area (Å²) in [5.41, 5.74) is 15.7. The van der Waals surface area contributed by atoms with Gasteiger partial charge in [-0.05, 0) is 94.0 Å². The van der Waals surface area contributed by atoms with Gasteiger partial charge >= 0.3 is 0 Å². The lowest BCUT2D eigenvalue weighted by Crippen LogP contribution is -2.24. The van der Waals surface area contributed by atoms with Crippen molar-refractivity contribution in [3.8, 4) is 44.9 Å². The maximum absolute atomic E-state index is 6.49. The van der Waals surface area contributed by atoms with Gasteiger partial charge in [0, 0.05) is 56.9 Å². The van der Waals surface area contributed by atoms with Crippen molar-refractivity contribution >= 4 is 40.2 Å². The lowest BCUT2D eigenvalue weighted by Gasteiger charge is -2.34. The second kappa shape index (κ2) is 14.5. The molecule has 8 aromatic rings. The Balaban J connectivity index is 1.26. The van der Waals surface area contributed by atoms with Crippen molar-refractivity contribution in [1.82, 2.24) is 0 Å². The summed E-state index contributed by atoms with van der Waals surface area (Å²) in [6.07, 6.45) is 0. The van der Waals surface area contributed by atoms with Gasteiger partial charge in [0.1, 0.15) is 11.5 Å². The van der Waals surface area contributed by atoms with Gasteiger partial charge in [0.2, 0.25) is 0 Å². The number of fused-ring (bicyclic) bond motifs is 4. The molecule has 57 heavy (non-hydrogen) atoms. The number of hydrogen-bond donors (Lipinski definition) is 0. The van der Waals surface area contributed by atoms with Crippen molar-refractivity contribution in [2.45, 2.75) is 24.2 Å². The van der Waals surface area contributed by atoms with Crippen LogP contribution in [0.3, 0.4) is 0 Å². The molecule has 2 aliphatic rings. The lowest BCUT2D eigenvalue weighted by atomic mass is 9.81. The summed E-state index contributed by atoms with van der Waals surface area (Å²) in [7, 11) is 0. The van der Waals surface area contributed by atoms with E-state index in [4.69, 9.17) is 4.74 Å². The molecule has 3 nitrogen and oxygen atoms in total. The summed E-state index contributed by atoms with van der Waals surface area (Å²) in [6.45, 7) is 5.70. The third kappa shape index (κ3) is 6.27. The van der Waals surface area contributed by atoms with Crippen molar-refractivity contribution in [1.29, 1.82) is 0 Å². The quantitative estimate of drug-likeness (QED) is 0.153. The molecule has 276 valence electrons. The van der Waals surface area contributed by atoms with Gasteiger partial charge in [0.25, 0.3) is 0 Å². The molecule has 0 atom stereocenters. The molecule has 0 spiro atoms. The summed E-state index contributed by atoms with van der Waals surface area (Å²) in [6, 6.07) is 69.6. The zero-order valence-electron chi connectivity index (χ0n) is 32.1. The number of nitrogens with zero attached hydrogens (tertiary/aromatic N) is 2. The van der Waals surface area contributed by atoms with Crippen LogP contribution >= 0.6 is 11.8 Å². The molecule has 1 aliphatic heterocycles. The van der Waals surface area contributed by atoms with Gasteiger partial charge in [-0.3, -0.25) is 0 Å². The fourth-order valence-electron chi connectivity index (χ4n) is 8.76. The first-order chi connectivity index (χ1) is 28.0. The minimum absolute atomic E-state index is 0.168. The van der Waals surface area contributed by atoms with Crippen LogP contribution in [-0.4, -0.2) is 12.3 Å². The van der Waals surface area contributed by atoms with Gasteiger partial charge in [-0.25, -0.2) is 0 Å². The van der Waals surface area contributed by atoms with E-state index in [0.717, 1.165) is 46.4 Å². The largest absolute Gasteiger partial charge is 0.457 e. The topological polar surface area (TPSA) is 15.7 Å². The summed E-state index contributed by atoms with van der Waals surface area (Å²) >= 11 is 1.97. The Kier molecular flexibility index (Phi) is 8.92. The van der Waals surface area contributed by atoms with Crippen molar-refractivity contribution in [2.75, 3.05) is 22.1 Å². The van der Waals surface area contributed by atoms with Gasteiger partial charge in [-0.15, -0.1) is 11.8 Å². The fraction of sp³-hybridized carbons (Fsp3) is 0.0943. The van der Waals surface area contributed by atoms with Crippen LogP contribution in [0, 0.1) is 0 Å². The average molecular weight is 755 g/mol. The Morgan fingerprint density at radius 2 is 1.16 bits per heavy atom. The highest BCUT2D eigenvalue weighted by atomic mass is 32.2. The number of ether oxygens (including phenoxy) is 1. The summed E-state index contributed by atoms with van der Waals surface area (Å²) < 4.78 is 6.49. The van der Waals surface area contributed by atoms with E-state index < -0.39 is 0 Å². The van der Waals surface area contributed by atoms with Gasteiger partial charge in [0.15, 0.2) is 0 Å². The first-order valence-corrected chi connectivity index (χ1v) is 20.7. The molecule has 0 aromatic heterocycles. The lowest BCUT2D eigenvalue weighted by molar-refractivity contribution is 0.483. The van der Waals surface area contributed by atoms with Crippen molar-refractivity contribution in [3.63, 3.8) is 0 Å². The number of rotatable bonds is 8. The Bertz CT molecular complexity index is 2730. The van der Waals surface area contributed by atoms with Crippen LogP contribution in [0.1, 0.15) is 25.0 Å². The summed E-state index contributed by atoms with van der Waals surface area (Å²) in [5, 5.41) is 0. The van der Waals surface area contributed by atoms with Gasteiger partial charge in [-0.1, -0.05) is 141 Å². The molecule has 0 saturated carbocycles. The Labute approximate surface area is 339 Å². The zero-order chi connectivity index (χ0) is 38.3. The molecule has 1 aliphatic carbocycles. The van der Waals surface area contributed by atoms with Gasteiger partial charge in [-0.2, -0.15) is 0 Å². The minimum atomic E-state index is -0.168. The molecule has 0 fully saturated rings. The Morgan fingerprint density at radius 1 is 0.526 bits per heavy atom. The summed E-state index contributed by atoms with van der Waals surface area (Å²) in [4.78, 5) is 6.24. The van der Waals surface area contributed by atoms with Crippen LogP contribution < -0.4 is 14.5 Å². The average Bonchev–Trinajstić information content (AvgIpc) is 3.50. The highest BCUT2D eigenvalue weighted by Crippen LogP contribution is 2.58. The number of anilines is 5. The Hall–Kier alpha value is -6.49. The number of hydrogen-bond acceptors (Lipinski definition) is 4. The third-order valence-electron chi connectivity index (χ3n) is 11.4. The molecule has 8 aromatic carbocycles. The van der Waals surface area contributed by atoms with Crippen LogP contribution in [0.25, 0.3) is 33.4 Å². The molecule has 10 rings (SSSR count). The molecule has 0 radical (unpaired) electrons. The predicted molar refractivity (Wildman–Crippen MR) is 240 cm³/mol. The minimum Gasteiger partial charge on any atom is -0.457 e. The van der Waals surface area contributed by atoms with Gasteiger partial charge < -0.3 is 14.5 Å². The van der Waals surface area contributed by atoms with Crippen molar-refractivity contribution < 1.29 is 4.74 Å². The molecule has 0 unspecified atom stereocenters. The van der Waals surface area contributed by atoms with E-state index >= 15 is 0 Å². The molecule has 4 heteroatoms. The van der Waals surface area contributed by atoms with E-state index in [2.05, 4.69) is 181 Å².